The Kier molecular flexibility index (Phi) is 4.79. The molecule has 1 aliphatic heterocycles. The number of aryl methyl sites for hydroxylation is 1. The summed E-state index contributed by atoms with van der Waals surface area (Å²) in [5.74, 6) is 0.908. The first-order valence-corrected chi connectivity index (χ1v) is 8.48. The van der Waals surface area contributed by atoms with Crippen LogP contribution in [0.1, 0.15) is 60.9 Å². The van der Waals surface area contributed by atoms with E-state index in [0.717, 1.165) is 43.8 Å². The van der Waals surface area contributed by atoms with E-state index >= 15 is 0 Å². The SMILES string of the molecule is O=C(NCCC1CCCCC1)c1ccc2c(c1)CCCN2. The minimum absolute atomic E-state index is 0.0826. The Hall–Kier alpha value is -1.51. The number of rotatable bonds is 4. The van der Waals surface area contributed by atoms with Gasteiger partial charge in [0, 0.05) is 24.3 Å². The molecule has 0 aromatic heterocycles. The van der Waals surface area contributed by atoms with Gasteiger partial charge >= 0.3 is 0 Å². The Bertz CT molecular complexity index is 492. The van der Waals surface area contributed by atoms with Gasteiger partial charge in [0.05, 0.1) is 0 Å². The van der Waals surface area contributed by atoms with Crippen LogP contribution in [0, 0.1) is 5.92 Å². The summed E-state index contributed by atoms with van der Waals surface area (Å²) < 4.78 is 0. The van der Waals surface area contributed by atoms with E-state index in [1.807, 2.05) is 12.1 Å². The Morgan fingerprint density at radius 2 is 2.05 bits per heavy atom. The molecule has 1 fully saturated rings. The number of nitrogens with one attached hydrogen (secondary N) is 2. The Balaban J connectivity index is 1.50. The molecular weight excluding hydrogens is 260 g/mol. The minimum atomic E-state index is 0.0826. The van der Waals surface area contributed by atoms with Crippen molar-refractivity contribution in [2.45, 2.75) is 51.4 Å². The van der Waals surface area contributed by atoms with Crippen LogP contribution < -0.4 is 10.6 Å². The van der Waals surface area contributed by atoms with Gasteiger partial charge < -0.3 is 10.6 Å². The molecule has 21 heavy (non-hydrogen) atoms. The van der Waals surface area contributed by atoms with Crippen molar-refractivity contribution in [2.75, 3.05) is 18.4 Å². The highest BCUT2D eigenvalue weighted by Crippen LogP contribution is 2.26. The second-order valence-corrected chi connectivity index (χ2v) is 6.45. The third-order valence-electron chi connectivity index (χ3n) is 4.87. The zero-order valence-corrected chi connectivity index (χ0v) is 12.8. The lowest BCUT2D eigenvalue weighted by molar-refractivity contribution is 0.0950. The fourth-order valence-electron chi connectivity index (χ4n) is 3.58. The van der Waals surface area contributed by atoms with Gasteiger partial charge in [-0.25, -0.2) is 0 Å². The number of fused-ring (bicyclic) bond motifs is 1. The second kappa shape index (κ2) is 6.97. The topological polar surface area (TPSA) is 41.1 Å². The molecule has 2 N–H and O–H groups in total. The molecule has 3 nitrogen and oxygen atoms in total. The second-order valence-electron chi connectivity index (χ2n) is 6.45. The summed E-state index contributed by atoms with van der Waals surface area (Å²) >= 11 is 0. The Morgan fingerprint density at radius 3 is 2.90 bits per heavy atom. The van der Waals surface area contributed by atoms with Crippen LogP contribution in [0.5, 0.6) is 0 Å². The van der Waals surface area contributed by atoms with Gasteiger partial charge in [0.15, 0.2) is 0 Å². The summed E-state index contributed by atoms with van der Waals surface area (Å²) in [6.45, 7) is 1.86. The third kappa shape index (κ3) is 3.78. The largest absolute Gasteiger partial charge is 0.385 e. The molecule has 0 radical (unpaired) electrons. The highest BCUT2D eigenvalue weighted by molar-refractivity contribution is 5.94. The molecule has 1 aromatic carbocycles. The molecule has 3 heteroatoms. The van der Waals surface area contributed by atoms with Crippen LogP contribution in [-0.4, -0.2) is 19.0 Å². The van der Waals surface area contributed by atoms with Crippen molar-refractivity contribution in [1.29, 1.82) is 0 Å². The van der Waals surface area contributed by atoms with Gasteiger partial charge in [-0.2, -0.15) is 0 Å². The van der Waals surface area contributed by atoms with E-state index in [2.05, 4.69) is 16.7 Å². The predicted molar refractivity (Wildman–Crippen MR) is 86.8 cm³/mol. The third-order valence-corrected chi connectivity index (χ3v) is 4.87. The summed E-state index contributed by atoms with van der Waals surface area (Å²) in [4.78, 5) is 12.2. The first-order chi connectivity index (χ1) is 10.3. The maximum absolute atomic E-state index is 12.2. The van der Waals surface area contributed by atoms with Crippen molar-refractivity contribution in [3.63, 3.8) is 0 Å². The maximum atomic E-state index is 12.2. The summed E-state index contributed by atoms with van der Waals surface area (Å²) in [6.07, 6.45) is 10.2. The summed E-state index contributed by atoms with van der Waals surface area (Å²) in [6, 6.07) is 6.04. The highest BCUT2D eigenvalue weighted by Gasteiger charge is 2.15. The molecule has 0 bridgehead atoms. The quantitative estimate of drug-likeness (QED) is 0.885. The first-order valence-electron chi connectivity index (χ1n) is 8.48. The molecule has 0 saturated heterocycles. The number of benzene rings is 1. The lowest BCUT2D eigenvalue weighted by Crippen LogP contribution is -2.26. The van der Waals surface area contributed by atoms with Gasteiger partial charge in [-0.3, -0.25) is 4.79 Å². The Labute approximate surface area is 127 Å². The van der Waals surface area contributed by atoms with Crippen LogP contribution in [0.4, 0.5) is 5.69 Å². The van der Waals surface area contributed by atoms with E-state index in [-0.39, 0.29) is 5.91 Å². The summed E-state index contributed by atoms with van der Waals surface area (Å²) in [7, 11) is 0. The van der Waals surface area contributed by atoms with Crippen molar-refractivity contribution >= 4 is 11.6 Å². The monoisotopic (exact) mass is 286 g/mol. The smallest absolute Gasteiger partial charge is 0.251 e. The number of carbonyl (C=O) groups excluding carboxylic acids is 1. The van der Waals surface area contributed by atoms with Crippen LogP contribution >= 0.6 is 0 Å². The van der Waals surface area contributed by atoms with Crippen molar-refractivity contribution in [3.05, 3.63) is 29.3 Å². The van der Waals surface area contributed by atoms with Crippen LogP contribution in [-0.2, 0) is 6.42 Å². The molecular formula is C18H26N2O. The molecule has 3 rings (SSSR count). The van der Waals surface area contributed by atoms with Gasteiger partial charge in [-0.15, -0.1) is 0 Å². The minimum Gasteiger partial charge on any atom is -0.385 e. The van der Waals surface area contributed by atoms with Crippen molar-refractivity contribution in [2.24, 2.45) is 5.92 Å². The number of anilines is 1. The van der Waals surface area contributed by atoms with Crippen molar-refractivity contribution < 1.29 is 4.79 Å². The molecule has 2 aliphatic rings. The molecule has 0 unspecified atom stereocenters. The van der Waals surface area contributed by atoms with Crippen LogP contribution in [0.25, 0.3) is 0 Å². The molecule has 0 atom stereocenters. The van der Waals surface area contributed by atoms with E-state index in [4.69, 9.17) is 0 Å². The highest BCUT2D eigenvalue weighted by atomic mass is 16.1. The van der Waals surface area contributed by atoms with Crippen LogP contribution in [0.15, 0.2) is 18.2 Å². The van der Waals surface area contributed by atoms with Gasteiger partial charge in [-0.05, 0) is 48.9 Å². The first kappa shape index (κ1) is 14.4. The van der Waals surface area contributed by atoms with Gasteiger partial charge in [0.25, 0.3) is 5.91 Å². The van der Waals surface area contributed by atoms with E-state index in [0.29, 0.717) is 0 Å². The molecule has 1 saturated carbocycles. The summed E-state index contributed by atoms with van der Waals surface area (Å²) in [5.41, 5.74) is 3.28. The lowest BCUT2D eigenvalue weighted by atomic mass is 9.87. The standard InChI is InChI=1S/C18H26N2O/c21-18(20-12-10-14-5-2-1-3-6-14)16-8-9-17-15(13-16)7-4-11-19-17/h8-9,13-14,19H,1-7,10-12H2,(H,20,21). The predicted octanol–water partition coefficient (Wildman–Crippen LogP) is 3.74. The van der Waals surface area contributed by atoms with E-state index in [1.54, 1.807) is 0 Å². The average Bonchev–Trinajstić information content (AvgIpc) is 2.55. The normalized spacial score (nSPS) is 18.7. The van der Waals surface area contributed by atoms with Crippen molar-refractivity contribution in [3.8, 4) is 0 Å². The number of hydrogen-bond acceptors (Lipinski definition) is 2. The van der Waals surface area contributed by atoms with Crippen LogP contribution in [0.2, 0.25) is 0 Å². The van der Waals surface area contributed by atoms with Crippen molar-refractivity contribution in [1.82, 2.24) is 5.32 Å². The Morgan fingerprint density at radius 1 is 1.19 bits per heavy atom. The zero-order chi connectivity index (χ0) is 14.5. The zero-order valence-electron chi connectivity index (χ0n) is 12.8. The van der Waals surface area contributed by atoms with E-state index < -0.39 is 0 Å². The fraction of sp³-hybridized carbons (Fsp3) is 0.611. The number of amides is 1. The molecule has 114 valence electrons. The average molecular weight is 286 g/mol. The van der Waals surface area contributed by atoms with E-state index in [1.165, 1.54) is 43.4 Å². The molecule has 0 spiro atoms. The lowest BCUT2D eigenvalue weighted by Gasteiger charge is -2.21. The van der Waals surface area contributed by atoms with Gasteiger partial charge in [0.1, 0.15) is 0 Å². The maximum Gasteiger partial charge on any atom is 0.251 e. The van der Waals surface area contributed by atoms with Gasteiger partial charge in [0.2, 0.25) is 0 Å². The molecule has 1 aliphatic carbocycles. The number of hydrogen-bond donors (Lipinski definition) is 2. The molecule has 1 aromatic rings. The van der Waals surface area contributed by atoms with Gasteiger partial charge in [-0.1, -0.05) is 32.1 Å². The summed E-state index contributed by atoms with van der Waals surface area (Å²) in [5, 5.41) is 6.48. The van der Waals surface area contributed by atoms with Crippen LogP contribution in [0.3, 0.4) is 0 Å². The molecule has 1 heterocycles. The molecule has 1 amide bonds. The fourth-order valence-corrected chi connectivity index (χ4v) is 3.58. The van der Waals surface area contributed by atoms with E-state index in [9.17, 15) is 4.79 Å². The number of carbonyl (C=O) groups is 1.